The van der Waals surface area contributed by atoms with Crippen molar-refractivity contribution >= 4 is 44.6 Å². The molecular weight excluding hydrogens is 805 g/mol. The minimum atomic E-state index is -0.153. The van der Waals surface area contributed by atoms with Crippen LogP contribution in [0.2, 0.25) is 0 Å². The van der Waals surface area contributed by atoms with Gasteiger partial charge in [0.2, 0.25) is 0 Å². The van der Waals surface area contributed by atoms with Gasteiger partial charge in [-0.25, -0.2) is 4.98 Å². The van der Waals surface area contributed by atoms with Crippen molar-refractivity contribution in [3.63, 3.8) is 0 Å². The van der Waals surface area contributed by atoms with Crippen LogP contribution in [0.4, 0.5) is 22.7 Å². The highest BCUT2D eigenvalue weighted by Crippen LogP contribution is 2.58. The topological polar surface area (TPSA) is 33.5 Å². The number of hydrogen-bond donors (Lipinski definition) is 0. The summed E-state index contributed by atoms with van der Waals surface area (Å²) in [4.78, 5) is 9.90. The summed E-state index contributed by atoms with van der Waals surface area (Å²) in [5.74, 6) is 2.43. The molecule has 0 spiro atoms. The summed E-state index contributed by atoms with van der Waals surface area (Å²) >= 11 is 0. The minimum absolute atomic E-state index is 0.0134. The van der Waals surface area contributed by atoms with E-state index in [0.29, 0.717) is 6.67 Å². The van der Waals surface area contributed by atoms with Crippen molar-refractivity contribution in [2.24, 2.45) is 0 Å². The monoisotopic (exact) mass is 854 g/mol. The molecule has 12 rings (SSSR count). The molecule has 0 atom stereocenters. The Bertz CT molecular complexity index is 3510. The van der Waals surface area contributed by atoms with E-state index < -0.39 is 0 Å². The van der Waals surface area contributed by atoms with E-state index in [2.05, 4.69) is 243 Å². The summed E-state index contributed by atoms with van der Waals surface area (Å²) < 4.78 is 9.12. The van der Waals surface area contributed by atoms with E-state index in [1.54, 1.807) is 0 Å². The van der Waals surface area contributed by atoms with Gasteiger partial charge in [-0.3, -0.25) is 4.57 Å². The maximum absolute atomic E-state index is 6.85. The minimum Gasteiger partial charge on any atom is -0.457 e. The van der Waals surface area contributed by atoms with Gasteiger partial charge in [-0.05, 0) is 99.0 Å². The zero-order valence-electron chi connectivity index (χ0n) is 38.0. The first-order valence-corrected chi connectivity index (χ1v) is 23.0. The van der Waals surface area contributed by atoms with Crippen molar-refractivity contribution in [2.75, 3.05) is 16.5 Å². The third-order valence-electron chi connectivity index (χ3n) is 13.9. The number of ether oxygens (including phenoxy) is 1. The van der Waals surface area contributed by atoms with Crippen LogP contribution in [-0.2, 0) is 10.8 Å². The Morgan fingerprint density at radius 3 is 2.06 bits per heavy atom. The predicted molar refractivity (Wildman–Crippen MR) is 274 cm³/mol. The second-order valence-electron chi connectivity index (χ2n) is 19.3. The summed E-state index contributed by atoms with van der Waals surface area (Å²) in [5, 5.41) is 2.34. The highest BCUT2D eigenvalue weighted by atomic mass is 16.5. The molecule has 0 radical (unpaired) electrons. The molecule has 10 aromatic rings. The van der Waals surface area contributed by atoms with Crippen molar-refractivity contribution in [3.05, 3.63) is 217 Å². The number of benzene rings is 8. The van der Waals surface area contributed by atoms with Crippen molar-refractivity contribution < 1.29 is 4.74 Å². The maximum Gasteiger partial charge on any atom is 0.137 e. The fraction of sp³-hybridized carbons (Fsp3) is 0.131. The molecule has 3 heterocycles. The van der Waals surface area contributed by atoms with E-state index in [4.69, 9.17) is 9.72 Å². The lowest BCUT2D eigenvalue weighted by Crippen LogP contribution is -2.25. The first kappa shape index (κ1) is 39.7. The fourth-order valence-electron chi connectivity index (χ4n) is 10.5. The van der Waals surface area contributed by atoms with Crippen LogP contribution >= 0.6 is 0 Å². The third-order valence-corrected chi connectivity index (χ3v) is 13.9. The van der Waals surface area contributed by atoms with E-state index in [1.807, 2.05) is 6.20 Å². The lowest BCUT2D eigenvalue weighted by molar-refractivity contribution is 0.483. The molecule has 66 heavy (non-hydrogen) atoms. The number of nitrogens with zero attached hydrogens (tertiary/aromatic N) is 4. The van der Waals surface area contributed by atoms with Gasteiger partial charge in [0.1, 0.15) is 24.0 Å². The van der Waals surface area contributed by atoms with Crippen LogP contribution in [0.1, 0.15) is 51.3 Å². The van der Waals surface area contributed by atoms with E-state index >= 15 is 0 Å². The van der Waals surface area contributed by atoms with Crippen molar-refractivity contribution in [1.29, 1.82) is 0 Å². The molecule has 5 heteroatoms. The molecule has 0 saturated carbocycles. The van der Waals surface area contributed by atoms with Gasteiger partial charge < -0.3 is 14.5 Å². The van der Waals surface area contributed by atoms with Crippen molar-refractivity contribution in [1.82, 2.24) is 9.55 Å². The van der Waals surface area contributed by atoms with Crippen molar-refractivity contribution in [2.45, 2.75) is 45.4 Å². The van der Waals surface area contributed by atoms with Gasteiger partial charge in [0.15, 0.2) is 0 Å². The number of anilines is 4. The highest BCUT2D eigenvalue weighted by Gasteiger charge is 2.41. The Morgan fingerprint density at radius 1 is 0.515 bits per heavy atom. The van der Waals surface area contributed by atoms with Gasteiger partial charge in [-0.15, -0.1) is 0 Å². The maximum atomic E-state index is 6.85. The molecular formula is C61H50N4O. The van der Waals surface area contributed by atoms with Gasteiger partial charge in [-0.1, -0.05) is 162 Å². The van der Waals surface area contributed by atoms with Gasteiger partial charge in [0.25, 0.3) is 0 Å². The largest absolute Gasteiger partial charge is 0.457 e. The summed E-state index contributed by atoms with van der Waals surface area (Å²) in [7, 11) is 0. The van der Waals surface area contributed by atoms with E-state index in [-0.39, 0.29) is 10.8 Å². The number of pyridine rings is 1. The Hall–Kier alpha value is -7.89. The number of para-hydroxylation sites is 1. The number of aromatic nitrogens is 2. The zero-order valence-corrected chi connectivity index (χ0v) is 38.0. The smallest absolute Gasteiger partial charge is 0.137 e. The van der Waals surface area contributed by atoms with Gasteiger partial charge >= 0.3 is 0 Å². The average Bonchev–Trinajstić information content (AvgIpc) is 3.97. The molecule has 2 aliphatic rings. The van der Waals surface area contributed by atoms with Gasteiger partial charge in [0, 0.05) is 51.3 Å². The summed E-state index contributed by atoms with van der Waals surface area (Å²) in [6, 6.07) is 70.1. The van der Waals surface area contributed by atoms with E-state index in [9.17, 15) is 0 Å². The molecule has 0 saturated heterocycles. The molecule has 1 aliphatic heterocycles. The van der Waals surface area contributed by atoms with Crippen LogP contribution in [0.5, 0.6) is 11.5 Å². The normalized spacial score (nSPS) is 13.8. The second kappa shape index (κ2) is 15.1. The molecule has 1 aliphatic carbocycles. The average molecular weight is 855 g/mol. The summed E-state index contributed by atoms with van der Waals surface area (Å²) in [6.45, 7) is 12.1. The highest BCUT2D eigenvalue weighted by molar-refractivity contribution is 6.09. The Morgan fingerprint density at radius 2 is 1.24 bits per heavy atom. The quantitative estimate of drug-likeness (QED) is 0.160. The molecule has 2 aromatic heterocycles. The molecule has 0 N–H and O–H groups in total. The second-order valence-corrected chi connectivity index (χ2v) is 19.3. The van der Waals surface area contributed by atoms with Crippen LogP contribution in [0.25, 0.3) is 61.0 Å². The SMILES string of the molecule is CC(C)(C)c1ccnc(-n2c3ccccc3c3ccc(Oc4cccc(N5CN(c6c(-c7ccccc7)ccc7c6-c6ccccc6C7(C)C)c6cc(-c7ccccc7)ccc65)c4)cc32)c1. The van der Waals surface area contributed by atoms with E-state index in [1.165, 1.54) is 61.1 Å². The molecule has 320 valence electrons. The van der Waals surface area contributed by atoms with Gasteiger partial charge in [0.05, 0.1) is 28.1 Å². The first-order valence-electron chi connectivity index (χ1n) is 23.0. The molecule has 0 unspecified atom stereocenters. The Labute approximate surface area is 386 Å². The molecule has 8 aromatic carbocycles. The molecule has 5 nitrogen and oxygen atoms in total. The lowest BCUT2D eigenvalue weighted by atomic mass is 9.82. The third kappa shape index (κ3) is 6.41. The summed E-state index contributed by atoms with van der Waals surface area (Å²) in [5.41, 5.74) is 17.9. The molecule has 0 bridgehead atoms. The predicted octanol–water partition coefficient (Wildman–Crippen LogP) is 16.2. The number of rotatable bonds is 7. The van der Waals surface area contributed by atoms with Crippen LogP contribution < -0.4 is 14.5 Å². The van der Waals surface area contributed by atoms with E-state index in [0.717, 1.165) is 50.8 Å². The fourth-order valence-corrected chi connectivity index (χ4v) is 10.5. The van der Waals surface area contributed by atoms with Crippen LogP contribution in [0, 0.1) is 0 Å². The van der Waals surface area contributed by atoms with Gasteiger partial charge in [-0.2, -0.15) is 0 Å². The zero-order chi connectivity index (χ0) is 44.7. The van der Waals surface area contributed by atoms with Crippen LogP contribution in [-0.4, -0.2) is 16.2 Å². The Kier molecular flexibility index (Phi) is 9.08. The number of hydrogen-bond acceptors (Lipinski definition) is 4. The molecule has 0 amide bonds. The Balaban J connectivity index is 0.982. The first-order chi connectivity index (χ1) is 32.1. The standard InChI is InChI=1S/C61H50N4O/c1-60(2,3)43-33-34-62-57(36-43)65-53-26-15-13-23-48(53)49-29-28-46(38-55(49)65)66-45-22-16-21-44(37-45)63-39-64(56-35-42(27-32-54(56)63)40-17-8-6-9-18-40)59-47(41-19-10-7-11-20-41)30-31-52-58(59)50-24-12-14-25-51(50)61(52,4)5/h6-38H,39H2,1-5H3. The molecule has 0 fully saturated rings. The lowest BCUT2D eigenvalue weighted by Gasteiger charge is -2.28. The van der Waals surface area contributed by atoms with Crippen molar-refractivity contribution in [3.8, 4) is 50.7 Å². The number of fused-ring (bicyclic) bond motifs is 7. The summed E-state index contributed by atoms with van der Waals surface area (Å²) in [6.07, 6.45) is 1.93. The van der Waals surface area contributed by atoms with Crippen LogP contribution in [0.15, 0.2) is 200 Å². The van der Waals surface area contributed by atoms with Crippen LogP contribution in [0.3, 0.4) is 0 Å².